The van der Waals surface area contributed by atoms with Crippen LogP contribution < -0.4 is 0 Å². The molecule has 4 atom stereocenters. The summed E-state index contributed by atoms with van der Waals surface area (Å²) in [6, 6.07) is 0. The van der Waals surface area contributed by atoms with E-state index in [-0.39, 0.29) is 6.29 Å². The van der Waals surface area contributed by atoms with Crippen LogP contribution in [0.1, 0.15) is 0 Å². The topological polar surface area (TPSA) is 135 Å². The van der Waals surface area contributed by atoms with Crippen LogP contribution in [0.4, 0.5) is 0 Å². The van der Waals surface area contributed by atoms with Crippen molar-refractivity contribution in [1.29, 1.82) is 0 Å². The first-order valence-electron chi connectivity index (χ1n) is 4.11. The van der Waals surface area contributed by atoms with Crippen LogP contribution in [-0.2, 0) is 9.59 Å². The maximum absolute atomic E-state index is 10.5. The standard InChI is InChI=1S/C8H13O7/c9-2-4(11)1-5(12)7(14)8(15)6(13)3-10/h1-2,5-8,10,12-15H,3H2/q+1. The van der Waals surface area contributed by atoms with E-state index in [9.17, 15) is 9.59 Å². The van der Waals surface area contributed by atoms with Crippen LogP contribution in [0.3, 0.4) is 0 Å². The first-order chi connectivity index (χ1) is 6.93. The number of hydrogen-bond acceptors (Lipinski definition) is 7. The second-order valence-electron chi connectivity index (χ2n) is 2.91. The van der Waals surface area contributed by atoms with Gasteiger partial charge in [-0.25, -0.2) is 4.79 Å². The first-order valence-corrected chi connectivity index (χ1v) is 4.11. The van der Waals surface area contributed by atoms with E-state index in [2.05, 4.69) is 0 Å². The highest BCUT2D eigenvalue weighted by atomic mass is 16.4. The minimum Gasteiger partial charge on any atom is -0.394 e. The molecule has 7 heteroatoms. The van der Waals surface area contributed by atoms with E-state index < -0.39 is 36.8 Å². The number of rotatable bonds is 7. The predicted octanol–water partition coefficient (Wildman–Crippen LogP) is -3.61. The maximum Gasteiger partial charge on any atom is 0.373 e. The molecule has 0 bridgehead atoms. The molecule has 7 nitrogen and oxygen atoms in total. The molecule has 0 amide bonds. The summed E-state index contributed by atoms with van der Waals surface area (Å²) in [5.74, 6) is -1.06. The Bertz CT molecular complexity index is 217. The van der Waals surface area contributed by atoms with Crippen LogP contribution in [0.2, 0.25) is 0 Å². The highest BCUT2D eigenvalue weighted by Gasteiger charge is 2.34. The molecule has 0 rings (SSSR count). The lowest BCUT2D eigenvalue weighted by Gasteiger charge is -2.22. The molecule has 0 aliphatic carbocycles. The third-order valence-electron chi connectivity index (χ3n) is 1.73. The van der Waals surface area contributed by atoms with Crippen LogP contribution in [0.15, 0.2) is 0 Å². The first kappa shape index (κ1) is 14.0. The van der Waals surface area contributed by atoms with Gasteiger partial charge in [0.2, 0.25) is 0 Å². The van der Waals surface area contributed by atoms with Gasteiger partial charge in [0.1, 0.15) is 24.7 Å². The van der Waals surface area contributed by atoms with Gasteiger partial charge in [-0.15, -0.1) is 0 Å². The summed E-state index contributed by atoms with van der Waals surface area (Å²) in [6.45, 7) is -0.813. The van der Waals surface area contributed by atoms with Crippen molar-refractivity contribution < 1.29 is 35.1 Å². The largest absolute Gasteiger partial charge is 0.394 e. The molecule has 0 radical (unpaired) electrons. The lowest BCUT2D eigenvalue weighted by molar-refractivity contribution is -0.131. The summed E-state index contributed by atoms with van der Waals surface area (Å²) < 4.78 is 0. The van der Waals surface area contributed by atoms with Crippen LogP contribution in [-0.4, -0.2) is 68.6 Å². The van der Waals surface area contributed by atoms with E-state index >= 15 is 0 Å². The molecule has 0 saturated carbocycles. The van der Waals surface area contributed by atoms with Gasteiger partial charge < -0.3 is 25.5 Å². The van der Waals surface area contributed by atoms with Gasteiger partial charge in [0.15, 0.2) is 6.10 Å². The molecular weight excluding hydrogens is 208 g/mol. The molecule has 0 fully saturated rings. The molecule has 0 aromatic carbocycles. The Kier molecular flexibility index (Phi) is 6.06. The molecule has 15 heavy (non-hydrogen) atoms. The number of hydrogen-bond donors (Lipinski definition) is 5. The van der Waals surface area contributed by atoms with E-state index in [0.717, 1.165) is 0 Å². The predicted molar refractivity (Wildman–Crippen MR) is 46.5 cm³/mol. The fourth-order valence-electron chi connectivity index (χ4n) is 0.844. The number of ketones is 1. The monoisotopic (exact) mass is 221 g/mol. The Balaban J connectivity index is 4.23. The third kappa shape index (κ3) is 4.36. The molecule has 0 aromatic heterocycles. The Morgan fingerprint density at radius 1 is 1.20 bits per heavy atom. The van der Waals surface area contributed by atoms with Gasteiger partial charge >= 0.3 is 12.1 Å². The molecule has 0 aromatic rings. The zero-order chi connectivity index (χ0) is 12.0. The molecule has 0 heterocycles. The Morgan fingerprint density at radius 2 is 1.73 bits per heavy atom. The van der Waals surface area contributed by atoms with Crippen molar-refractivity contribution in [2.75, 3.05) is 6.61 Å². The van der Waals surface area contributed by atoms with Crippen molar-refractivity contribution in [3.63, 3.8) is 0 Å². The number of aldehydes is 1. The second kappa shape index (κ2) is 6.49. The smallest absolute Gasteiger partial charge is 0.373 e. The zero-order valence-corrected chi connectivity index (χ0v) is 7.72. The molecular formula is C8H13O7+. The number of aliphatic hydroxyl groups excluding tert-OH is 5. The summed E-state index contributed by atoms with van der Waals surface area (Å²) in [5.41, 5.74) is 0. The molecule has 86 valence electrons. The lowest BCUT2D eigenvalue weighted by atomic mass is 10.00. The van der Waals surface area contributed by atoms with Crippen LogP contribution in [0, 0.1) is 6.42 Å². The van der Waals surface area contributed by atoms with Crippen molar-refractivity contribution in [1.82, 2.24) is 0 Å². The average molecular weight is 221 g/mol. The maximum atomic E-state index is 10.5. The highest BCUT2D eigenvalue weighted by molar-refractivity contribution is 6.29. The summed E-state index contributed by atoms with van der Waals surface area (Å²) in [6.07, 6.45) is -6.71. The number of carbonyl (C=O) groups excluding carboxylic acids is 2. The Morgan fingerprint density at radius 3 is 2.13 bits per heavy atom. The van der Waals surface area contributed by atoms with E-state index in [1.807, 2.05) is 0 Å². The molecule has 4 unspecified atom stereocenters. The summed E-state index contributed by atoms with van der Waals surface area (Å²) in [4.78, 5) is 20.4. The quantitative estimate of drug-likeness (QED) is 0.170. The SMILES string of the molecule is O=CC(=O)[CH+]C(O)C(O)C(O)C(O)CO. The Labute approximate surface area is 85.6 Å². The molecule has 0 spiro atoms. The van der Waals surface area contributed by atoms with Gasteiger partial charge in [-0.05, 0) is 0 Å². The van der Waals surface area contributed by atoms with Gasteiger partial charge in [0.05, 0.1) is 6.61 Å². The van der Waals surface area contributed by atoms with Crippen molar-refractivity contribution in [2.45, 2.75) is 24.4 Å². The van der Waals surface area contributed by atoms with E-state index in [4.69, 9.17) is 25.5 Å². The molecule has 5 N–H and O–H groups in total. The highest BCUT2D eigenvalue weighted by Crippen LogP contribution is 2.07. The number of Topliss-reactive ketones (excluding diaryl/α,β-unsaturated/α-hetero) is 1. The van der Waals surface area contributed by atoms with Crippen molar-refractivity contribution in [2.24, 2.45) is 0 Å². The lowest BCUT2D eigenvalue weighted by Crippen LogP contribution is -2.46. The second-order valence-corrected chi connectivity index (χ2v) is 2.91. The molecule has 0 aliphatic rings. The average Bonchev–Trinajstić information content (AvgIpc) is 2.25. The minimum absolute atomic E-state index is 0.0786. The fraction of sp³-hybridized carbons (Fsp3) is 0.625. The van der Waals surface area contributed by atoms with Crippen LogP contribution in [0.25, 0.3) is 0 Å². The van der Waals surface area contributed by atoms with E-state index in [1.54, 1.807) is 0 Å². The third-order valence-corrected chi connectivity index (χ3v) is 1.73. The fourth-order valence-corrected chi connectivity index (χ4v) is 0.844. The molecule has 0 saturated heterocycles. The van der Waals surface area contributed by atoms with Crippen molar-refractivity contribution in [3.8, 4) is 0 Å². The van der Waals surface area contributed by atoms with Crippen molar-refractivity contribution >= 4 is 12.1 Å². The summed E-state index contributed by atoms with van der Waals surface area (Å²) in [5, 5.41) is 44.7. The Hall–Kier alpha value is -0.990. The minimum atomic E-state index is -1.86. The number of carbonyl (C=O) groups is 2. The summed E-state index contributed by atoms with van der Waals surface area (Å²) in [7, 11) is 0. The van der Waals surface area contributed by atoms with Gasteiger partial charge in [-0.2, -0.15) is 4.79 Å². The zero-order valence-electron chi connectivity index (χ0n) is 7.72. The number of aliphatic hydroxyl groups is 5. The van der Waals surface area contributed by atoms with E-state index in [0.29, 0.717) is 6.42 Å². The summed E-state index contributed by atoms with van der Waals surface area (Å²) >= 11 is 0. The van der Waals surface area contributed by atoms with Crippen LogP contribution in [0.5, 0.6) is 0 Å². The van der Waals surface area contributed by atoms with Gasteiger partial charge in [-0.1, -0.05) is 0 Å². The van der Waals surface area contributed by atoms with E-state index in [1.165, 1.54) is 0 Å². The van der Waals surface area contributed by atoms with Crippen LogP contribution >= 0.6 is 0 Å². The van der Waals surface area contributed by atoms with Gasteiger partial charge in [-0.3, -0.25) is 0 Å². The van der Waals surface area contributed by atoms with Crippen molar-refractivity contribution in [3.05, 3.63) is 6.42 Å². The molecule has 0 aliphatic heterocycles. The van der Waals surface area contributed by atoms with Gasteiger partial charge in [0.25, 0.3) is 0 Å². The van der Waals surface area contributed by atoms with Gasteiger partial charge in [0, 0.05) is 0 Å². The normalized spacial score (nSPS) is 18.7.